The zero-order valence-corrected chi connectivity index (χ0v) is 39.3. The van der Waals surface area contributed by atoms with Crippen molar-refractivity contribution >= 4 is 18.2 Å². The van der Waals surface area contributed by atoms with Crippen LogP contribution in [0.15, 0.2) is 0 Å². The molecule has 0 aromatic rings. The summed E-state index contributed by atoms with van der Waals surface area (Å²) in [5, 5.41) is 0. The van der Waals surface area contributed by atoms with Gasteiger partial charge in [-0.3, -0.25) is 9.59 Å². The molecule has 0 aromatic carbocycles. The Kier molecular flexibility index (Phi) is 40.8. The van der Waals surface area contributed by atoms with E-state index in [1.807, 2.05) is 0 Å². The Morgan fingerprint density at radius 2 is 0.911 bits per heavy atom. The van der Waals surface area contributed by atoms with Gasteiger partial charge in [0, 0.05) is 39.0 Å². The zero-order chi connectivity index (χ0) is 42.4. The molecule has 0 bridgehead atoms. The minimum atomic E-state index is -0.0305. The number of unbranched alkanes of at least 4 members (excludes halogenated alkanes) is 12. The van der Waals surface area contributed by atoms with E-state index in [1.54, 1.807) is 7.11 Å². The van der Waals surface area contributed by atoms with E-state index in [2.05, 4.69) is 74.3 Å². The van der Waals surface area contributed by atoms with Crippen LogP contribution in [0.5, 0.6) is 0 Å². The van der Waals surface area contributed by atoms with Gasteiger partial charge in [-0.25, -0.2) is 0 Å². The third-order valence-electron chi connectivity index (χ3n) is 11.6. The van der Waals surface area contributed by atoms with Crippen molar-refractivity contribution in [3.8, 4) is 0 Å². The molecule has 7 heteroatoms. The molecule has 0 N–H and O–H groups in total. The van der Waals surface area contributed by atoms with Crippen molar-refractivity contribution in [1.82, 2.24) is 4.90 Å². The van der Waals surface area contributed by atoms with E-state index in [-0.39, 0.29) is 17.9 Å². The summed E-state index contributed by atoms with van der Waals surface area (Å²) in [5.41, 5.74) is 0. The Bertz CT molecular complexity index is 817. The zero-order valence-electron chi connectivity index (χ0n) is 39.3. The molecule has 334 valence electrons. The normalized spacial score (nSPS) is 13.3. The van der Waals surface area contributed by atoms with Crippen molar-refractivity contribution in [3.05, 3.63) is 0 Å². The maximum absolute atomic E-state index is 12.2. The van der Waals surface area contributed by atoms with E-state index in [9.17, 15) is 14.4 Å². The lowest BCUT2D eigenvalue weighted by atomic mass is 9.89. The lowest BCUT2D eigenvalue weighted by Crippen LogP contribution is -2.19. The third kappa shape index (κ3) is 39.4. The van der Waals surface area contributed by atoms with Crippen LogP contribution in [0.3, 0.4) is 0 Å². The predicted octanol–water partition coefficient (Wildman–Crippen LogP) is 13.3. The highest BCUT2D eigenvalue weighted by atomic mass is 16.5. The molecule has 0 saturated heterocycles. The molecule has 7 nitrogen and oxygen atoms in total. The molecule has 2 unspecified atom stereocenters. The molecule has 0 aliphatic carbocycles. The second-order valence-corrected chi connectivity index (χ2v) is 18.5. The number of nitrogens with zero attached hydrogens (tertiary/aromatic N) is 1. The van der Waals surface area contributed by atoms with Gasteiger partial charge in [0.25, 0.3) is 0 Å². The van der Waals surface area contributed by atoms with Crippen molar-refractivity contribution in [2.24, 2.45) is 41.4 Å². The molecule has 0 aromatic heterocycles. The number of hydrogen-bond acceptors (Lipinski definition) is 7. The second-order valence-electron chi connectivity index (χ2n) is 18.5. The third-order valence-corrected chi connectivity index (χ3v) is 11.6. The molecule has 0 saturated carbocycles. The second kappa shape index (κ2) is 40.3. The number of aldehydes is 1. The number of methoxy groups -OCH3 is 1. The van der Waals surface area contributed by atoms with Crippen molar-refractivity contribution in [1.29, 1.82) is 0 Å². The average Bonchev–Trinajstić information content (AvgIpc) is 3.15. The molecule has 0 amide bonds. The van der Waals surface area contributed by atoms with Gasteiger partial charge in [-0.2, -0.15) is 0 Å². The van der Waals surface area contributed by atoms with Crippen LogP contribution in [0.25, 0.3) is 0 Å². The molecular formula is C49H97NO6. The van der Waals surface area contributed by atoms with Crippen LogP contribution in [0.4, 0.5) is 0 Å². The van der Waals surface area contributed by atoms with Crippen LogP contribution in [-0.4, -0.2) is 70.2 Å². The molecule has 0 aliphatic rings. The summed E-state index contributed by atoms with van der Waals surface area (Å²) in [6.07, 6.45) is 26.0. The first-order chi connectivity index (χ1) is 26.8. The number of rotatable bonds is 38. The molecule has 0 spiro atoms. The van der Waals surface area contributed by atoms with Gasteiger partial charge in [0.2, 0.25) is 0 Å². The van der Waals surface area contributed by atoms with Gasteiger partial charge in [0.05, 0.1) is 13.2 Å². The number of ether oxygens (including phenoxy) is 3. The first kappa shape index (κ1) is 56.6. The van der Waals surface area contributed by atoms with Crippen LogP contribution >= 0.6 is 0 Å². The van der Waals surface area contributed by atoms with Gasteiger partial charge in [-0.15, -0.1) is 0 Å². The summed E-state index contributed by atoms with van der Waals surface area (Å²) >= 11 is 0. The minimum absolute atomic E-state index is 0.0305. The summed E-state index contributed by atoms with van der Waals surface area (Å²) in [6.45, 7) is 24.4. The lowest BCUT2D eigenvalue weighted by Gasteiger charge is -2.21. The van der Waals surface area contributed by atoms with Gasteiger partial charge in [0.1, 0.15) is 6.29 Å². The smallest absolute Gasteiger partial charge is 0.305 e. The monoisotopic (exact) mass is 796 g/mol. The number of carbonyl (C=O) groups excluding carboxylic acids is 3. The lowest BCUT2D eigenvalue weighted by molar-refractivity contribution is -0.146. The standard InChI is InChI=1S/C42H80O5.C7H17NO/c1-34(2)27-29-39(36(5)6)32-46-41(44)25-21-17-13-9-11-15-19-23-38(31-43)24-20-16-12-10-14-18-22-26-42(45)47-33-40(37(7)8)30-28-35(3)4;1-4-8(2)6-5-7-9-3/h31,34-40H,9-30,32-33H2,1-8H3;4-7H2,1-3H3. The van der Waals surface area contributed by atoms with Crippen molar-refractivity contribution in [2.75, 3.05) is 47.1 Å². The minimum Gasteiger partial charge on any atom is -0.465 e. The molecule has 0 heterocycles. The van der Waals surface area contributed by atoms with E-state index in [1.165, 1.54) is 70.5 Å². The van der Waals surface area contributed by atoms with Gasteiger partial charge in [0.15, 0.2) is 0 Å². The van der Waals surface area contributed by atoms with Crippen LogP contribution in [0.2, 0.25) is 0 Å². The maximum Gasteiger partial charge on any atom is 0.305 e. The largest absolute Gasteiger partial charge is 0.465 e. The van der Waals surface area contributed by atoms with Crippen molar-refractivity contribution in [3.63, 3.8) is 0 Å². The summed E-state index contributed by atoms with van der Waals surface area (Å²) < 4.78 is 16.1. The first-order valence-corrected chi connectivity index (χ1v) is 23.7. The van der Waals surface area contributed by atoms with Gasteiger partial charge >= 0.3 is 11.9 Å². The predicted molar refractivity (Wildman–Crippen MR) is 239 cm³/mol. The molecule has 0 rings (SSSR count). The van der Waals surface area contributed by atoms with Crippen LogP contribution in [0, 0.1) is 41.4 Å². The number of esters is 2. The topological polar surface area (TPSA) is 82.1 Å². The van der Waals surface area contributed by atoms with Gasteiger partial charge in [-0.1, -0.05) is 152 Å². The summed E-state index contributed by atoms with van der Waals surface area (Å²) in [7, 11) is 3.86. The van der Waals surface area contributed by atoms with Crippen LogP contribution in [-0.2, 0) is 28.6 Å². The summed E-state index contributed by atoms with van der Waals surface area (Å²) in [5.74, 6) is 3.58. The Morgan fingerprint density at radius 1 is 0.536 bits per heavy atom. The van der Waals surface area contributed by atoms with Gasteiger partial charge in [-0.05, 0) is 94.0 Å². The van der Waals surface area contributed by atoms with E-state index >= 15 is 0 Å². The average molecular weight is 796 g/mol. The SMILES string of the molecule is CC(C)CCC(COC(=O)CCCCCCCCCC(C=O)CCCCCCCCCC(=O)OCC(CCC(C)C)C(C)C)C(C)C.CCN(C)CCCOC. The van der Waals surface area contributed by atoms with Crippen LogP contribution < -0.4 is 0 Å². The van der Waals surface area contributed by atoms with Crippen molar-refractivity contribution < 1.29 is 28.6 Å². The fourth-order valence-corrected chi connectivity index (χ4v) is 6.89. The first-order valence-electron chi connectivity index (χ1n) is 23.7. The van der Waals surface area contributed by atoms with E-state index in [0.29, 0.717) is 61.6 Å². The highest BCUT2D eigenvalue weighted by Gasteiger charge is 2.18. The fraction of sp³-hybridized carbons (Fsp3) is 0.939. The van der Waals surface area contributed by atoms with Gasteiger partial charge < -0.3 is 23.9 Å². The Balaban J connectivity index is 0. The van der Waals surface area contributed by atoms with E-state index in [4.69, 9.17) is 14.2 Å². The number of hydrogen-bond donors (Lipinski definition) is 0. The van der Waals surface area contributed by atoms with Crippen molar-refractivity contribution in [2.45, 2.75) is 210 Å². The molecule has 0 radical (unpaired) electrons. The highest BCUT2D eigenvalue weighted by Crippen LogP contribution is 2.23. The quantitative estimate of drug-likeness (QED) is 0.0350. The fourth-order valence-electron chi connectivity index (χ4n) is 6.89. The van der Waals surface area contributed by atoms with Crippen LogP contribution in [0.1, 0.15) is 210 Å². The highest BCUT2D eigenvalue weighted by molar-refractivity contribution is 5.69. The molecule has 0 fully saturated rings. The number of carbonyl (C=O) groups is 3. The summed E-state index contributed by atoms with van der Waals surface area (Å²) in [6, 6.07) is 0. The Hall–Kier alpha value is -1.47. The summed E-state index contributed by atoms with van der Waals surface area (Å²) in [4.78, 5) is 38.2. The Labute approximate surface area is 349 Å². The molecular weight excluding hydrogens is 699 g/mol. The molecule has 2 atom stereocenters. The Morgan fingerprint density at radius 3 is 1.23 bits per heavy atom. The molecule has 56 heavy (non-hydrogen) atoms. The molecule has 0 aliphatic heterocycles. The van der Waals surface area contributed by atoms with E-state index < -0.39 is 0 Å². The van der Waals surface area contributed by atoms with E-state index in [0.717, 1.165) is 90.3 Å². The maximum atomic E-state index is 12.2.